The largest absolute Gasteiger partial charge is 0.586 e. The number of ether oxygens (including phenoxy) is 4. The van der Waals surface area contributed by atoms with E-state index in [0.29, 0.717) is 23.5 Å². The first kappa shape index (κ1) is 25.3. The van der Waals surface area contributed by atoms with Gasteiger partial charge in [-0.05, 0) is 61.4 Å². The second kappa shape index (κ2) is 9.20. The number of carbonyl (C=O) groups excluding carboxylic acids is 1. The van der Waals surface area contributed by atoms with Gasteiger partial charge in [0.15, 0.2) is 11.5 Å². The van der Waals surface area contributed by atoms with Crippen LogP contribution in [0.15, 0.2) is 60.7 Å². The van der Waals surface area contributed by atoms with Gasteiger partial charge >= 0.3 is 12.3 Å². The molecule has 0 spiro atoms. The summed E-state index contributed by atoms with van der Waals surface area (Å²) < 4.78 is 47.6. The molecule has 0 unspecified atom stereocenters. The molecule has 2 aliphatic heterocycles. The number of aromatic carboxylic acids is 1. The van der Waals surface area contributed by atoms with E-state index in [1.165, 1.54) is 31.4 Å². The summed E-state index contributed by atoms with van der Waals surface area (Å²) in [6.07, 6.45) is -3.85. The van der Waals surface area contributed by atoms with Crippen molar-refractivity contribution in [2.75, 3.05) is 7.11 Å². The number of rotatable bonds is 6. The van der Waals surface area contributed by atoms with Crippen LogP contribution >= 0.6 is 0 Å². The summed E-state index contributed by atoms with van der Waals surface area (Å²) in [5.74, 6) is -0.502. The molecule has 5 rings (SSSR count). The number of fused-ring (bicyclic) bond motifs is 2. The number of nitrogens with one attached hydrogen (secondary N) is 1. The molecular formula is C28H25F2NO7. The number of carboxylic acid groups (broad SMARTS) is 1. The number of methoxy groups -OCH3 is 1. The topological polar surface area (TPSA) is 103 Å². The summed E-state index contributed by atoms with van der Waals surface area (Å²) in [6.45, 7) is 3.38. The molecule has 0 saturated heterocycles. The van der Waals surface area contributed by atoms with Gasteiger partial charge < -0.3 is 29.4 Å². The van der Waals surface area contributed by atoms with Gasteiger partial charge in [0.05, 0.1) is 24.1 Å². The Morgan fingerprint density at radius 2 is 1.71 bits per heavy atom. The van der Waals surface area contributed by atoms with Gasteiger partial charge in [-0.2, -0.15) is 0 Å². The minimum atomic E-state index is -3.75. The fourth-order valence-electron chi connectivity index (χ4n) is 4.56. The molecule has 8 nitrogen and oxygen atoms in total. The normalized spacial score (nSPS) is 19.2. The monoisotopic (exact) mass is 525 g/mol. The smallest absolute Gasteiger partial charge is 0.497 e. The molecule has 3 aromatic rings. The highest BCUT2D eigenvalue weighted by molar-refractivity contribution is 5.88. The van der Waals surface area contributed by atoms with Gasteiger partial charge in [0.25, 0.3) is 0 Å². The summed E-state index contributed by atoms with van der Waals surface area (Å²) in [5.41, 5.74) is 1.01. The average Bonchev–Trinajstić information content (AvgIpc) is 3.21. The Balaban J connectivity index is 1.42. The van der Waals surface area contributed by atoms with Crippen molar-refractivity contribution in [3.8, 4) is 23.0 Å². The van der Waals surface area contributed by atoms with E-state index in [4.69, 9.17) is 9.47 Å². The lowest BCUT2D eigenvalue weighted by Crippen LogP contribution is -2.43. The van der Waals surface area contributed by atoms with Crippen molar-refractivity contribution in [2.24, 2.45) is 0 Å². The molecule has 0 saturated carbocycles. The number of alkyl halides is 2. The van der Waals surface area contributed by atoms with Crippen LogP contribution in [0.5, 0.6) is 23.0 Å². The van der Waals surface area contributed by atoms with Crippen LogP contribution in [0, 0.1) is 0 Å². The second-order valence-electron chi connectivity index (χ2n) is 9.65. The molecule has 2 aliphatic rings. The molecule has 10 heteroatoms. The van der Waals surface area contributed by atoms with E-state index in [2.05, 4.69) is 14.8 Å². The molecule has 0 fully saturated rings. The zero-order valence-electron chi connectivity index (χ0n) is 20.8. The van der Waals surface area contributed by atoms with Crippen LogP contribution in [0.4, 0.5) is 8.78 Å². The number of halogens is 2. The SMILES string of the molecule is COc1ccc2c(c1)O[C@@H](c1ccc(C(=O)O)cc1)C[C@H]2NC(=O)C(C)(C)c1ccc2c(c1)OC(F)(F)O2. The van der Waals surface area contributed by atoms with Gasteiger partial charge in [-0.15, -0.1) is 8.78 Å². The van der Waals surface area contributed by atoms with Gasteiger partial charge in [0.1, 0.15) is 17.6 Å². The molecule has 0 aliphatic carbocycles. The average molecular weight is 526 g/mol. The van der Waals surface area contributed by atoms with Crippen LogP contribution in [0.1, 0.15) is 59.5 Å². The molecule has 2 atom stereocenters. The molecule has 3 aromatic carbocycles. The highest BCUT2D eigenvalue weighted by Gasteiger charge is 2.44. The zero-order valence-corrected chi connectivity index (χ0v) is 20.8. The lowest BCUT2D eigenvalue weighted by molar-refractivity contribution is -0.286. The maximum atomic E-state index is 13.6. The van der Waals surface area contributed by atoms with Crippen LogP contribution in [-0.2, 0) is 10.2 Å². The van der Waals surface area contributed by atoms with Crippen molar-refractivity contribution in [1.29, 1.82) is 0 Å². The zero-order chi connectivity index (χ0) is 27.2. The van der Waals surface area contributed by atoms with Gasteiger partial charge in [-0.3, -0.25) is 4.79 Å². The van der Waals surface area contributed by atoms with Crippen molar-refractivity contribution < 1.29 is 42.4 Å². The van der Waals surface area contributed by atoms with E-state index in [0.717, 1.165) is 11.1 Å². The summed E-state index contributed by atoms with van der Waals surface area (Å²) in [6, 6.07) is 15.5. The standard InChI is InChI=1S/C28H25F2NO7/c1-27(2,17-8-11-21-24(12-17)38-28(29,30)37-21)26(34)31-20-14-22(15-4-6-16(7-5-15)25(32)33)36-23-13-18(35-3)9-10-19(20)23/h4-13,20,22H,14H2,1-3H3,(H,31,34)(H,32,33)/t20-,22-/m1/s1. The van der Waals surface area contributed by atoms with Crippen LogP contribution in [0.25, 0.3) is 0 Å². The van der Waals surface area contributed by atoms with E-state index < -0.39 is 29.8 Å². The summed E-state index contributed by atoms with van der Waals surface area (Å²) >= 11 is 0. The van der Waals surface area contributed by atoms with E-state index in [-0.39, 0.29) is 23.0 Å². The van der Waals surface area contributed by atoms with Crippen LogP contribution in [0.3, 0.4) is 0 Å². The van der Waals surface area contributed by atoms with Gasteiger partial charge in [0.2, 0.25) is 5.91 Å². The molecule has 198 valence electrons. The number of hydrogen-bond acceptors (Lipinski definition) is 6. The number of carboxylic acids is 1. The summed E-state index contributed by atoms with van der Waals surface area (Å²) in [5, 5.41) is 12.3. The molecule has 2 heterocycles. The minimum absolute atomic E-state index is 0.0981. The second-order valence-corrected chi connectivity index (χ2v) is 9.65. The van der Waals surface area contributed by atoms with Crippen molar-refractivity contribution in [3.63, 3.8) is 0 Å². The molecule has 0 bridgehead atoms. The lowest BCUT2D eigenvalue weighted by atomic mass is 9.82. The molecule has 38 heavy (non-hydrogen) atoms. The maximum Gasteiger partial charge on any atom is 0.586 e. The molecule has 1 amide bonds. The van der Waals surface area contributed by atoms with E-state index in [9.17, 15) is 23.5 Å². The first-order valence-electron chi connectivity index (χ1n) is 11.9. The molecule has 0 radical (unpaired) electrons. The Morgan fingerprint density at radius 3 is 2.39 bits per heavy atom. The van der Waals surface area contributed by atoms with Crippen molar-refractivity contribution in [3.05, 3.63) is 82.9 Å². The Bertz CT molecular complexity index is 1400. The van der Waals surface area contributed by atoms with Gasteiger partial charge in [0, 0.05) is 18.1 Å². The predicted octanol–water partition coefficient (Wildman–Crippen LogP) is 5.37. The van der Waals surface area contributed by atoms with E-state index in [1.54, 1.807) is 44.2 Å². The molecular weight excluding hydrogens is 500 g/mol. The lowest BCUT2D eigenvalue weighted by Gasteiger charge is -2.35. The Morgan fingerprint density at radius 1 is 1.00 bits per heavy atom. The third kappa shape index (κ3) is 4.69. The van der Waals surface area contributed by atoms with Crippen molar-refractivity contribution >= 4 is 11.9 Å². The number of hydrogen-bond donors (Lipinski definition) is 2. The first-order valence-corrected chi connectivity index (χ1v) is 11.9. The minimum Gasteiger partial charge on any atom is -0.497 e. The predicted molar refractivity (Wildman–Crippen MR) is 131 cm³/mol. The third-order valence-electron chi connectivity index (χ3n) is 6.84. The summed E-state index contributed by atoms with van der Waals surface area (Å²) in [7, 11) is 1.54. The third-order valence-corrected chi connectivity index (χ3v) is 6.84. The Kier molecular flexibility index (Phi) is 6.13. The maximum absolute atomic E-state index is 13.6. The fourth-order valence-corrected chi connectivity index (χ4v) is 4.56. The Hall–Kier alpha value is -4.34. The fraction of sp³-hybridized carbons (Fsp3) is 0.286. The van der Waals surface area contributed by atoms with Crippen LogP contribution in [-0.4, -0.2) is 30.4 Å². The first-order chi connectivity index (χ1) is 18.0. The number of carbonyl (C=O) groups is 2. The van der Waals surface area contributed by atoms with Crippen molar-refractivity contribution in [2.45, 2.75) is 44.1 Å². The van der Waals surface area contributed by atoms with E-state index >= 15 is 0 Å². The molecule has 0 aromatic heterocycles. The quantitative estimate of drug-likeness (QED) is 0.446. The van der Waals surface area contributed by atoms with Crippen LogP contribution in [0.2, 0.25) is 0 Å². The van der Waals surface area contributed by atoms with Crippen LogP contribution < -0.4 is 24.3 Å². The van der Waals surface area contributed by atoms with E-state index in [1.807, 2.05) is 6.07 Å². The number of benzene rings is 3. The van der Waals surface area contributed by atoms with Gasteiger partial charge in [-0.1, -0.05) is 18.2 Å². The molecule has 2 N–H and O–H groups in total. The highest BCUT2D eigenvalue weighted by Crippen LogP contribution is 2.45. The van der Waals surface area contributed by atoms with Gasteiger partial charge in [-0.25, -0.2) is 4.79 Å². The Labute approximate surface area is 217 Å². The summed E-state index contributed by atoms with van der Waals surface area (Å²) in [4.78, 5) is 24.9. The van der Waals surface area contributed by atoms with Crippen molar-refractivity contribution in [1.82, 2.24) is 5.32 Å². The number of amides is 1. The highest BCUT2D eigenvalue weighted by atomic mass is 19.3.